The molecule has 4 rings (SSSR count). The van der Waals surface area contributed by atoms with Crippen molar-refractivity contribution in [3.05, 3.63) is 47.6 Å². The third-order valence-electron chi connectivity index (χ3n) is 14.8. The van der Waals surface area contributed by atoms with Gasteiger partial charge in [-0.05, 0) is 107 Å². The zero-order chi connectivity index (χ0) is 48.9. The fourth-order valence-electron chi connectivity index (χ4n) is 10.4. The number of hydrogen-bond acceptors (Lipinski definition) is 13. The SMILES string of the molecule is CN=C1CC(C(C)CC2CCC(O)C(OC)C2)OC(=O)C2CCCCN2C(=O)C(=O)C2(O)OC(CCC2C)CC(OC)/C(C)=C/C=C/C=C/C(C)CC(C)C(=O)C(OC)C(O)/C(C)=C/C1C. The van der Waals surface area contributed by atoms with E-state index < -0.39 is 77.9 Å². The first kappa shape index (κ1) is 55.2. The maximum atomic E-state index is 14.5. The molecule has 3 fully saturated rings. The molecule has 372 valence electrons. The Labute approximate surface area is 394 Å². The van der Waals surface area contributed by atoms with E-state index in [0.29, 0.717) is 69.1 Å². The Balaban J connectivity index is 1.73. The lowest BCUT2D eigenvalue weighted by Crippen LogP contribution is -2.61. The van der Waals surface area contributed by atoms with Crippen LogP contribution in [-0.2, 0) is 42.9 Å². The summed E-state index contributed by atoms with van der Waals surface area (Å²) >= 11 is 0. The summed E-state index contributed by atoms with van der Waals surface area (Å²) in [5.74, 6) is -6.71. The molecule has 0 spiro atoms. The van der Waals surface area contributed by atoms with Gasteiger partial charge in [0.05, 0.1) is 24.4 Å². The minimum atomic E-state index is -2.40. The number of methoxy groups -OCH3 is 3. The molecule has 14 nitrogen and oxygen atoms in total. The van der Waals surface area contributed by atoms with E-state index in [2.05, 4.69) is 4.99 Å². The molecule has 0 aromatic carbocycles. The quantitative estimate of drug-likeness (QED) is 0.146. The van der Waals surface area contributed by atoms with Gasteiger partial charge in [-0.2, -0.15) is 0 Å². The number of rotatable bonds is 6. The Hall–Kier alpha value is -3.37. The van der Waals surface area contributed by atoms with Crippen molar-refractivity contribution in [1.82, 2.24) is 4.90 Å². The zero-order valence-corrected chi connectivity index (χ0v) is 41.6. The third kappa shape index (κ3) is 14.3. The summed E-state index contributed by atoms with van der Waals surface area (Å²) in [6.45, 7) is 13.4. The van der Waals surface area contributed by atoms with Gasteiger partial charge in [0, 0.05) is 71.2 Å². The lowest BCUT2D eigenvalue weighted by atomic mass is 9.78. The van der Waals surface area contributed by atoms with Crippen molar-refractivity contribution in [1.29, 1.82) is 0 Å². The highest BCUT2D eigenvalue weighted by Crippen LogP contribution is 2.38. The molecule has 15 atom stereocenters. The number of piperidine rings is 1. The smallest absolute Gasteiger partial charge is 0.329 e. The molecular formula is C52H82N2O12. The van der Waals surface area contributed by atoms with Crippen LogP contribution in [0.2, 0.25) is 0 Å². The maximum Gasteiger partial charge on any atom is 0.329 e. The van der Waals surface area contributed by atoms with E-state index in [9.17, 15) is 34.5 Å². The number of ketones is 2. The number of aliphatic hydroxyl groups is 3. The molecule has 2 bridgehead atoms. The molecule has 3 heterocycles. The lowest BCUT2D eigenvalue weighted by Gasteiger charge is -2.42. The Morgan fingerprint density at radius 3 is 2.27 bits per heavy atom. The summed E-state index contributed by atoms with van der Waals surface area (Å²) in [6, 6.07) is -1.07. The number of cyclic esters (lactones) is 1. The second-order valence-electron chi connectivity index (χ2n) is 19.8. The van der Waals surface area contributed by atoms with Crippen molar-refractivity contribution in [2.45, 2.75) is 180 Å². The average molecular weight is 927 g/mol. The molecule has 15 unspecified atom stereocenters. The normalized spacial score (nSPS) is 40.6. The first-order valence-electron chi connectivity index (χ1n) is 24.4. The van der Waals surface area contributed by atoms with Gasteiger partial charge in [0.1, 0.15) is 24.4 Å². The molecule has 1 saturated carbocycles. The first-order valence-corrected chi connectivity index (χ1v) is 24.4. The highest BCUT2D eigenvalue weighted by molar-refractivity contribution is 6.39. The van der Waals surface area contributed by atoms with Crippen LogP contribution < -0.4 is 0 Å². The minimum Gasteiger partial charge on any atom is -0.460 e. The van der Waals surface area contributed by atoms with E-state index in [1.165, 1.54) is 12.0 Å². The molecule has 0 aromatic heterocycles. The summed E-state index contributed by atoms with van der Waals surface area (Å²) in [5.41, 5.74) is 2.13. The van der Waals surface area contributed by atoms with Gasteiger partial charge in [0.25, 0.3) is 11.7 Å². The van der Waals surface area contributed by atoms with E-state index in [-0.39, 0.29) is 54.9 Å². The molecule has 4 aliphatic rings. The number of carbonyl (C=O) groups is 4. The van der Waals surface area contributed by atoms with Crippen molar-refractivity contribution >= 4 is 29.2 Å². The topological polar surface area (TPSA) is 191 Å². The van der Waals surface area contributed by atoms with Crippen molar-refractivity contribution in [3.63, 3.8) is 0 Å². The van der Waals surface area contributed by atoms with Crippen molar-refractivity contribution < 1.29 is 58.2 Å². The number of Topliss-reactive ketones (excluding diaryl/α,β-unsaturated/α-hetero) is 2. The molecule has 3 aliphatic heterocycles. The van der Waals surface area contributed by atoms with Crippen LogP contribution in [0.25, 0.3) is 0 Å². The molecule has 2 saturated heterocycles. The van der Waals surface area contributed by atoms with Crippen molar-refractivity contribution in [2.24, 2.45) is 40.5 Å². The van der Waals surface area contributed by atoms with Crippen LogP contribution in [0.1, 0.15) is 126 Å². The van der Waals surface area contributed by atoms with Crippen LogP contribution in [0, 0.1) is 35.5 Å². The zero-order valence-electron chi connectivity index (χ0n) is 41.6. The number of amides is 1. The summed E-state index contributed by atoms with van der Waals surface area (Å²) in [7, 11) is 6.29. The average Bonchev–Trinajstić information content (AvgIpc) is 3.30. The van der Waals surface area contributed by atoms with Gasteiger partial charge in [0.15, 0.2) is 5.78 Å². The molecule has 1 amide bonds. The maximum absolute atomic E-state index is 14.5. The van der Waals surface area contributed by atoms with Gasteiger partial charge >= 0.3 is 5.97 Å². The van der Waals surface area contributed by atoms with Crippen LogP contribution in [0.3, 0.4) is 0 Å². The van der Waals surface area contributed by atoms with E-state index >= 15 is 0 Å². The molecule has 0 radical (unpaired) electrons. The first-order chi connectivity index (χ1) is 31.3. The van der Waals surface area contributed by atoms with Gasteiger partial charge in [0.2, 0.25) is 5.79 Å². The number of aliphatic hydroxyl groups excluding tert-OH is 2. The van der Waals surface area contributed by atoms with Gasteiger partial charge in [-0.1, -0.05) is 71.1 Å². The van der Waals surface area contributed by atoms with Gasteiger partial charge in [-0.25, -0.2) is 4.79 Å². The minimum absolute atomic E-state index is 0.0477. The molecule has 14 heteroatoms. The summed E-state index contributed by atoms with van der Waals surface area (Å²) in [5, 5.41) is 34.1. The largest absolute Gasteiger partial charge is 0.460 e. The van der Waals surface area contributed by atoms with Gasteiger partial charge in [-0.15, -0.1) is 0 Å². The van der Waals surface area contributed by atoms with E-state index in [0.717, 1.165) is 12.0 Å². The Morgan fingerprint density at radius 2 is 1.61 bits per heavy atom. The van der Waals surface area contributed by atoms with Crippen LogP contribution >= 0.6 is 0 Å². The van der Waals surface area contributed by atoms with Gasteiger partial charge in [-0.3, -0.25) is 19.4 Å². The number of allylic oxidation sites excluding steroid dienone is 6. The summed E-state index contributed by atoms with van der Waals surface area (Å²) < 4.78 is 29.8. The number of aliphatic imine (C=N–C) groups is 1. The van der Waals surface area contributed by atoms with Gasteiger partial charge < -0.3 is 43.9 Å². The van der Waals surface area contributed by atoms with Crippen LogP contribution in [0.15, 0.2) is 52.6 Å². The summed E-state index contributed by atoms with van der Waals surface area (Å²) in [4.78, 5) is 62.8. The van der Waals surface area contributed by atoms with E-state index in [4.69, 9.17) is 23.7 Å². The Kier molecular flexibility index (Phi) is 21.6. The number of ether oxygens (including phenoxy) is 5. The number of fused-ring (bicyclic) bond motifs is 3. The lowest BCUT2D eigenvalue weighted by molar-refractivity contribution is -0.265. The molecule has 3 N–H and O–H groups in total. The monoisotopic (exact) mass is 927 g/mol. The Bertz CT molecular complexity index is 1790. The number of nitrogens with zero attached hydrogens (tertiary/aromatic N) is 2. The summed E-state index contributed by atoms with van der Waals surface area (Å²) in [6.07, 6.45) is 12.9. The van der Waals surface area contributed by atoms with E-state index in [1.54, 1.807) is 35.1 Å². The molecular weight excluding hydrogens is 845 g/mol. The predicted molar refractivity (Wildman–Crippen MR) is 253 cm³/mol. The third-order valence-corrected chi connectivity index (χ3v) is 14.8. The van der Waals surface area contributed by atoms with Crippen LogP contribution in [0.4, 0.5) is 0 Å². The number of carbonyl (C=O) groups excluding carboxylic acids is 4. The second-order valence-corrected chi connectivity index (χ2v) is 19.8. The van der Waals surface area contributed by atoms with Crippen LogP contribution in [-0.4, -0.2) is 139 Å². The standard InChI is InChI=1S/C52H82N2O12/c1-31-17-13-12-14-18-32(2)43(62-9)29-39-22-20-37(7)52(61,66-39)49(58)50(59)54-24-16-15-19-41(54)51(60)65-44(34(4)27-38-21-23-42(55)45(28-38)63-10)30-40(53-8)33(3)26-36(6)47(57)48(64-11)46(56)35(5)25-31/h12-14,17-18,26,31,33-35,37-39,41-45,47-48,55,57,61H,15-16,19-25,27-30H2,1-11H3/b14-12+,17-13+,32-18+,36-26+,53-40?. The number of hydrogen-bond donors (Lipinski definition) is 3. The highest BCUT2D eigenvalue weighted by Gasteiger charge is 2.53. The van der Waals surface area contributed by atoms with Crippen LogP contribution in [0.5, 0.6) is 0 Å². The predicted octanol–water partition coefficient (Wildman–Crippen LogP) is 6.68. The molecule has 0 aromatic rings. The van der Waals surface area contributed by atoms with E-state index in [1.807, 2.05) is 71.1 Å². The Morgan fingerprint density at radius 1 is 0.879 bits per heavy atom. The molecule has 66 heavy (non-hydrogen) atoms. The fourth-order valence-corrected chi connectivity index (χ4v) is 10.4. The number of esters is 1. The van der Waals surface area contributed by atoms with Crippen molar-refractivity contribution in [2.75, 3.05) is 34.9 Å². The van der Waals surface area contributed by atoms with Crippen molar-refractivity contribution in [3.8, 4) is 0 Å². The second kappa shape index (κ2) is 25.8. The highest BCUT2D eigenvalue weighted by atomic mass is 16.6. The molecule has 1 aliphatic carbocycles. The fraction of sp³-hybridized carbons (Fsp3) is 0.750.